The average Bonchev–Trinajstić information content (AvgIpc) is 3.26. The van der Waals surface area contributed by atoms with E-state index in [-0.39, 0.29) is 5.92 Å². The lowest BCUT2D eigenvalue weighted by atomic mass is 9.61. The van der Waals surface area contributed by atoms with Gasteiger partial charge in [-0.25, -0.2) is 0 Å². The first-order valence-corrected chi connectivity index (χ1v) is 10.9. The van der Waals surface area contributed by atoms with E-state index in [9.17, 15) is 0 Å². The van der Waals surface area contributed by atoms with Crippen molar-refractivity contribution in [2.75, 3.05) is 0 Å². The Hall–Kier alpha value is -2.98. The minimum absolute atomic E-state index is 0.154. The van der Waals surface area contributed by atoms with Gasteiger partial charge in [0.25, 0.3) is 0 Å². The molecule has 3 heteroatoms. The molecule has 4 rings (SSSR count). The lowest BCUT2D eigenvalue weighted by Crippen LogP contribution is -2.36. The van der Waals surface area contributed by atoms with Crippen LogP contribution in [0.25, 0.3) is 0 Å². The zero-order chi connectivity index (χ0) is 21.8. The number of rotatable bonds is 7. The minimum Gasteiger partial charge on any atom is -0.326 e. The lowest BCUT2D eigenvalue weighted by Gasteiger charge is -2.40. The molecule has 158 valence electrons. The van der Waals surface area contributed by atoms with Crippen LogP contribution >= 0.6 is 0 Å². The van der Waals surface area contributed by atoms with Crippen molar-refractivity contribution < 1.29 is 0 Å². The van der Waals surface area contributed by atoms with Gasteiger partial charge in [0, 0.05) is 25.6 Å². The van der Waals surface area contributed by atoms with Crippen LogP contribution in [0.15, 0.2) is 96.6 Å². The maximum absolute atomic E-state index is 6.05. The second kappa shape index (κ2) is 9.03. The SMILES string of the molecule is CC1=CC(C(c2cccc(CN)c2)(c2cccc(CN)c2)c2cccc(CN)c2)C=C1. The summed E-state index contributed by atoms with van der Waals surface area (Å²) in [5, 5.41) is 0. The maximum Gasteiger partial charge on any atom is 0.0548 e. The molecule has 0 aromatic heterocycles. The number of hydrogen-bond acceptors (Lipinski definition) is 3. The van der Waals surface area contributed by atoms with E-state index < -0.39 is 5.41 Å². The zero-order valence-electron chi connectivity index (χ0n) is 18.1. The molecule has 0 aliphatic heterocycles. The van der Waals surface area contributed by atoms with E-state index in [0.29, 0.717) is 19.6 Å². The van der Waals surface area contributed by atoms with Gasteiger partial charge in [-0.2, -0.15) is 0 Å². The topological polar surface area (TPSA) is 78.1 Å². The van der Waals surface area contributed by atoms with Crippen molar-refractivity contribution >= 4 is 0 Å². The maximum atomic E-state index is 6.05. The fraction of sp³-hybridized carbons (Fsp3) is 0.214. The molecule has 31 heavy (non-hydrogen) atoms. The summed E-state index contributed by atoms with van der Waals surface area (Å²) in [6.45, 7) is 3.67. The molecule has 0 saturated heterocycles. The summed E-state index contributed by atoms with van der Waals surface area (Å²) in [5.41, 5.74) is 26.0. The predicted octanol–water partition coefficient (Wildman–Crippen LogP) is 4.53. The van der Waals surface area contributed by atoms with Crippen LogP contribution in [-0.2, 0) is 25.0 Å². The highest BCUT2D eigenvalue weighted by molar-refractivity contribution is 5.57. The third-order valence-corrected chi connectivity index (χ3v) is 6.36. The molecule has 3 aromatic rings. The molecule has 0 heterocycles. The van der Waals surface area contributed by atoms with Gasteiger partial charge in [-0.3, -0.25) is 0 Å². The Bertz CT molecular complexity index is 1010. The molecule has 0 saturated carbocycles. The van der Waals surface area contributed by atoms with Crippen LogP contribution in [0, 0.1) is 5.92 Å². The van der Waals surface area contributed by atoms with E-state index in [1.807, 2.05) is 0 Å². The van der Waals surface area contributed by atoms with Gasteiger partial charge in [-0.1, -0.05) is 96.6 Å². The highest BCUT2D eigenvalue weighted by Gasteiger charge is 2.43. The summed E-state index contributed by atoms with van der Waals surface area (Å²) in [7, 11) is 0. The summed E-state index contributed by atoms with van der Waals surface area (Å²) in [6.07, 6.45) is 6.89. The molecule has 0 fully saturated rings. The standard InChI is InChI=1S/C28H31N3/c1-20-11-12-27(13-20)28(24-8-2-5-21(14-24)17-29,25-9-3-6-22(15-25)18-30)26-10-4-7-23(16-26)19-31/h2-16,27H,17-19,29-31H2,1H3. The first-order chi connectivity index (χ1) is 15.1. The molecule has 1 unspecified atom stereocenters. The van der Waals surface area contributed by atoms with Gasteiger partial charge in [0.1, 0.15) is 0 Å². The third kappa shape index (κ3) is 3.88. The third-order valence-electron chi connectivity index (χ3n) is 6.36. The van der Waals surface area contributed by atoms with Gasteiger partial charge in [-0.15, -0.1) is 0 Å². The van der Waals surface area contributed by atoms with E-state index in [0.717, 1.165) is 16.7 Å². The summed E-state index contributed by atoms with van der Waals surface area (Å²) < 4.78 is 0. The second-order valence-corrected chi connectivity index (χ2v) is 8.32. The predicted molar refractivity (Wildman–Crippen MR) is 129 cm³/mol. The van der Waals surface area contributed by atoms with E-state index in [1.54, 1.807) is 0 Å². The highest BCUT2D eigenvalue weighted by Crippen LogP contribution is 2.49. The van der Waals surface area contributed by atoms with Crippen molar-refractivity contribution in [3.63, 3.8) is 0 Å². The fourth-order valence-corrected chi connectivity index (χ4v) is 4.83. The van der Waals surface area contributed by atoms with Crippen LogP contribution in [0.1, 0.15) is 40.3 Å². The van der Waals surface area contributed by atoms with Gasteiger partial charge in [0.05, 0.1) is 5.41 Å². The van der Waals surface area contributed by atoms with Crippen LogP contribution in [-0.4, -0.2) is 0 Å². The molecular formula is C28H31N3. The smallest absolute Gasteiger partial charge is 0.0548 e. The Morgan fingerprint density at radius 1 is 0.677 bits per heavy atom. The van der Waals surface area contributed by atoms with Crippen LogP contribution < -0.4 is 17.2 Å². The average molecular weight is 410 g/mol. The fourth-order valence-electron chi connectivity index (χ4n) is 4.83. The van der Waals surface area contributed by atoms with Crippen molar-refractivity contribution in [3.8, 4) is 0 Å². The van der Waals surface area contributed by atoms with Crippen LogP contribution in [0.5, 0.6) is 0 Å². The lowest BCUT2D eigenvalue weighted by molar-refractivity contribution is 0.526. The molecule has 0 spiro atoms. The molecule has 1 aliphatic carbocycles. The number of nitrogens with two attached hydrogens (primary N) is 3. The molecule has 1 atom stereocenters. The summed E-state index contributed by atoms with van der Waals surface area (Å²) >= 11 is 0. The molecule has 0 radical (unpaired) electrons. The van der Waals surface area contributed by atoms with Crippen LogP contribution in [0.3, 0.4) is 0 Å². The molecule has 6 N–H and O–H groups in total. The molecule has 3 nitrogen and oxygen atoms in total. The first-order valence-electron chi connectivity index (χ1n) is 10.9. The summed E-state index contributed by atoms with van der Waals surface area (Å²) in [5.74, 6) is 0.154. The van der Waals surface area contributed by atoms with E-state index in [4.69, 9.17) is 17.2 Å². The van der Waals surface area contributed by atoms with Crippen LogP contribution in [0.2, 0.25) is 0 Å². The molecule has 0 amide bonds. The van der Waals surface area contributed by atoms with Gasteiger partial charge in [0.2, 0.25) is 0 Å². The van der Waals surface area contributed by atoms with Crippen molar-refractivity contribution in [2.24, 2.45) is 23.1 Å². The Morgan fingerprint density at radius 2 is 1.10 bits per heavy atom. The molecule has 1 aliphatic rings. The number of allylic oxidation sites excluding steroid dienone is 4. The first kappa shape index (κ1) is 21.3. The Labute approximate surface area is 185 Å². The minimum atomic E-state index is -0.421. The Morgan fingerprint density at radius 3 is 1.42 bits per heavy atom. The van der Waals surface area contributed by atoms with E-state index in [1.165, 1.54) is 22.3 Å². The summed E-state index contributed by atoms with van der Waals surface area (Å²) in [4.78, 5) is 0. The van der Waals surface area contributed by atoms with Gasteiger partial charge >= 0.3 is 0 Å². The van der Waals surface area contributed by atoms with Gasteiger partial charge in [0.15, 0.2) is 0 Å². The molecule has 0 bridgehead atoms. The largest absolute Gasteiger partial charge is 0.326 e. The zero-order valence-corrected chi connectivity index (χ0v) is 18.1. The Kier molecular flexibility index (Phi) is 6.19. The van der Waals surface area contributed by atoms with Crippen molar-refractivity contribution in [2.45, 2.75) is 32.0 Å². The number of benzene rings is 3. The molecule has 3 aromatic carbocycles. The van der Waals surface area contributed by atoms with E-state index >= 15 is 0 Å². The van der Waals surface area contributed by atoms with Crippen molar-refractivity contribution in [1.82, 2.24) is 0 Å². The van der Waals surface area contributed by atoms with Crippen molar-refractivity contribution in [3.05, 3.63) is 130 Å². The quantitative estimate of drug-likeness (QED) is 0.502. The highest BCUT2D eigenvalue weighted by atomic mass is 14.5. The Balaban J connectivity index is 2.11. The van der Waals surface area contributed by atoms with Crippen molar-refractivity contribution in [1.29, 1.82) is 0 Å². The van der Waals surface area contributed by atoms with Crippen LogP contribution in [0.4, 0.5) is 0 Å². The summed E-state index contributed by atoms with van der Waals surface area (Å²) in [6, 6.07) is 26.0. The van der Waals surface area contributed by atoms with Gasteiger partial charge in [-0.05, 0) is 40.3 Å². The molecular weight excluding hydrogens is 378 g/mol. The normalized spacial score (nSPS) is 15.9. The number of hydrogen-bond donors (Lipinski definition) is 3. The second-order valence-electron chi connectivity index (χ2n) is 8.32. The monoisotopic (exact) mass is 409 g/mol. The van der Waals surface area contributed by atoms with Gasteiger partial charge < -0.3 is 17.2 Å². The van der Waals surface area contributed by atoms with E-state index in [2.05, 4.69) is 97.9 Å².